The SMILES string of the molecule is COc1ccc(NC(=O)CSCC(=O)O)cn1. The number of carbonyl (C=O) groups excluding carboxylic acids is 1. The van der Waals surface area contributed by atoms with Crippen LogP contribution < -0.4 is 10.1 Å². The van der Waals surface area contributed by atoms with Crippen LogP contribution in [-0.4, -0.2) is 40.6 Å². The summed E-state index contributed by atoms with van der Waals surface area (Å²) in [5.74, 6) is -0.729. The minimum Gasteiger partial charge on any atom is -0.481 e. The summed E-state index contributed by atoms with van der Waals surface area (Å²) in [5, 5.41) is 11.0. The highest BCUT2D eigenvalue weighted by Crippen LogP contribution is 2.11. The van der Waals surface area contributed by atoms with Crippen molar-refractivity contribution in [2.75, 3.05) is 23.9 Å². The molecule has 0 aromatic carbocycles. The predicted molar refractivity (Wildman–Crippen MR) is 64.4 cm³/mol. The van der Waals surface area contributed by atoms with Crippen molar-refractivity contribution in [1.82, 2.24) is 4.98 Å². The van der Waals surface area contributed by atoms with E-state index in [-0.39, 0.29) is 17.4 Å². The number of carbonyl (C=O) groups is 2. The van der Waals surface area contributed by atoms with Crippen molar-refractivity contribution in [1.29, 1.82) is 0 Å². The number of ether oxygens (including phenoxy) is 1. The Balaban J connectivity index is 2.37. The summed E-state index contributed by atoms with van der Waals surface area (Å²) in [5.41, 5.74) is 0.548. The molecule has 0 unspecified atom stereocenters. The molecule has 1 heterocycles. The lowest BCUT2D eigenvalue weighted by molar-refractivity contribution is -0.133. The molecular weight excluding hydrogens is 244 g/mol. The van der Waals surface area contributed by atoms with Gasteiger partial charge in [0.1, 0.15) is 0 Å². The first kappa shape index (κ1) is 13.3. The first-order valence-corrected chi connectivity index (χ1v) is 5.86. The number of thioether (sulfide) groups is 1. The van der Waals surface area contributed by atoms with Crippen LogP contribution in [0.3, 0.4) is 0 Å². The maximum Gasteiger partial charge on any atom is 0.313 e. The molecule has 0 saturated heterocycles. The maximum absolute atomic E-state index is 11.4. The highest BCUT2D eigenvalue weighted by Gasteiger charge is 2.05. The molecule has 1 amide bonds. The average molecular weight is 256 g/mol. The van der Waals surface area contributed by atoms with Gasteiger partial charge in [-0.25, -0.2) is 4.98 Å². The van der Waals surface area contributed by atoms with E-state index in [1.165, 1.54) is 13.3 Å². The lowest BCUT2D eigenvalue weighted by Crippen LogP contribution is -2.15. The number of methoxy groups -OCH3 is 1. The molecule has 0 aliphatic rings. The normalized spacial score (nSPS) is 9.71. The molecule has 0 saturated carbocycles. The van der Waals surface area contributed by atoms with Gasteiger partial charge in [0.15, 0.2) is 0 Å². The molecule has 6 nitrogen and oxygen atoms in total. The maximum atomic E-state index is 11.4. The number of nitrogens with zero attached hydrogens (tertiary/aromatic N) is 1. The molecule has 92 valence electrons. The third kappa shape index (κ3) is 5.21. The summed E-state index contributed by atoms with van der Waals surface area (Å²) in [6.07, 6.45) is 1.47. The summed E-state index contributed by atoms with van der Waals surface area (Å²) in [4.78, 5) is 25.5. The van der Waals surface area contributed by atoms with Crippen molar-refractivity contribution in [2.24, 2.45) is 0 Å². The summed E-state index contributed by atoms with van der Waals surface area (Å²) < 4.78 is 4.87. The number of amides is 1. The third-order valence-corrected chi connectivity index (χ3v) is 2.61. The molecule has 1 aromatic heterocycles. The Kier molecular flexibility index (Phi) is 5.28. The molecule has 7 heteroatoms. The highest BCUT2D eigenvalue weighted by molar-refractivity contribution is 8.00. The molecule has 1 aromatic rings. The van der Waals surface area contributed by atoms with Crippen molar-refractivity contribution in [3.8, 4) is 5.88 Å². The van der Waals surface area contributed by atoms with Crippen LogP contribution in [0.2, 0.25) is 0 Å². The standard InChI is InChI=1S/C10H12N2O4S/c1-16-9-3-2-7(4-11-9)12-8(13)5-17-6-10(14)15/h2-4H,5-6H2,1H3,(H,12,13)(H,14,15). The van der Waals surface area contributed by atoms with Gasteiger partial charge in [-0.1, -0.05) is 0 Å². The Hall–Kier alpha value is -1.76. The largest absolute Gasteiger partial charge is 0.481 e. The molecule has 2 N–H and O–H groups in total. The molecule has 0 atom stereocenters. The zero-order valence-corrected chi connectivity index (χ0v) is 9.99. The van der Waals surface area contributed by atoms with Crippen molar-refractivity contribution >= 4 is 29.3 Å². The van der Waals surface area contributed by atoms with Gasteiger partial charge in [0, 0.05) is 6.07 Å². The molecule has 17 heavy (non-hydrogen) atoms. The highest BCUT2D eigenvalue weighted by atomic mass is 32.2. The van der Waals surface area contributed by atoms with Crippen LogP contribution in [0.25, 0.3) is 0 Å². The lowest BCUT2D eigenvalue weighted by atomic mass is 10.4. The fraction of sp³-hybridized carbons (Fsp3) is 0.300. The number of rotatable bonds is 6. The van der Waals surface area contributed by atoms with Crippen molar-refractivity contribution in [3.63, 3.8) is 0 Å². The smallest absolute Gasteiger partial charge is 0.313 e. The van der Waals surface area contributed by atoms with Crippen molar-refractivity contribution in [2.45, 2.75) is 0 Å². The number of carboxylic acids is 1. The van der Waals surface area contributed by atoms with Crippen LogP contribution in [0.1, 0.15) is 0 Å². The van der Waals surface area contributed by atoms with Crippen LogP contribution in [0, 0.1) is 0 Å². The average Bonchev–Trinajstić information content (AvgIpc) is 2.29. The van der Waals surface area contributed by atoms with E-state index >= 15 is 0 Å². The van der Waals surface area contributed by atoms with Gasteiger partial charge in [-0.05, 0) is 6.07 Å². The van der Waals surface area contributed by atoms with E-state index in [0.717, 1.165) is 11.8 Å². The first-order chi connectivity index (χ1) is 8.11. The summed E-state index contributed by atoms with van der Waals surface area (Å²) in [6, 6.07) is 3.28. The van der Waals surface area contributed by atoms with E-state index in [2.05, 4.69) is 10.3 Å². The lowest BCUT2D eigenvalue weighted by Gasteiger charge is -2.04. The number of hydrogen-bond donors (Lipinski definition) is 2. The zero-order valence-electron chi connectivity index (χ0n) is 9.17. The molecular formula is C10H12N2O4S. The van der Waals surface area contributed by atoms with E-state index in [0.29, 0.717) is 11.6 Å². The summed E-state index contributed by atoms with van der Waals surface area (Å²) in [6.45, 7) is 0. The van der Waals surface area contributed by atoms with Crippen LogP contribution in [0.15, 0.2) is 18.3 Å². The van der Waals surface area contributed by atoms with Gasteiger partial charge < -0.3 is 15.2 Å². The van der Waals surface area contributed by atoms with E-state index in [9.17, 15) is 9.59 Å². The van der Waals surface area contributed by atoms with Crippen molar-refractivity contribution in [3.05, 3.63) is 18.3 Å². The second-order valence-corrected chi connectivity index (χ2v) is 4.01. The third-order valence-electron chi connectivity index (χ3n) is 1.69. The zero-order chi connectivity index (χ0) is 12.7. The van der Waals surface area contributed by atoms with Crippen LogP contribution in [0.5, 0.6) is 5.88 Å². The van der Waals surface area contributed by atoms with Gasteiger partial charge in [0.05, 0.1) is 30.5 Å². The fourth-order valence-electron chi connectivity index (χ4n) is 1.00. The minimum atomic E-state index is -0.936. The van der Waals surface area contributed by atoms with Crippen LogP contribution in [-0.2, 0) is 9.59 Å². The van der Waals surface area contributed by atoms with Gasteiger partial charge >= 0.3 is 5.97 Å². The van der Waals surface area contributed by atoms with E-state index in [1.54, 1.807) is 12.1 Å². The van der Waals surface area contributed by atoms with E-state index in [4.69, 9.17) is 9.84 Å². The Labute approximate surface area is 102 Å². The predicted octanol–water partition coefficient (Wildman–Crippen LogP) is 0.846. The first-order valence-electron chi connectivity index (χ1n) is 4.71. The van der Waals surface area contributed by atoms with Crippen LogP contribution in [0.4, 0.5) is 5.69 Å². The second kappa shape index (κ2) is 6.74. The molecule has 0 radical (unpaired) electrons. The molecule has 0 aliphatic carbocycles. The summed E-state index contributed by atoms with van der Waals surface area (Å²) >= 11 is 1.04. The van der Waals surface area contributed by atoms with Crippen LogP contribution >= 0.6 is 11.8 Å². The molecule has 0 fully saturated rings. The van der Waals surface area contributed by atoms with E-state index in [1.807, 2.05) is 0 Å². The van der Waals surface area contributed by atoms with Gasteiger partial charge in [-0.15, -0.1) is 11.8 Å². The molecule has 0 spiro atoms. The fourth-order valence-corrected chi connectivity index (χ4v) is 1.54. The Bertz CT molecular complexity index is 394. The van der Waals surface area contributed by atoms with E-state index < -0.39 is 5.97 Å². The quantitative estimate of drug-likeness (QED) is 0.784. The number of aliphatic carboxylic acids is 1. The topological polar surface area (TPSA) is 88.5 Å². The van der Waals surface area contributed by atoms with Gasteiger partial charge in [0.25, 0.3) is 0 Å². The Morgan fingerprint density at radius 3 is 2.76 bits per heavy atom. The van der Waals surface area contributed by atoms with Gasteiger partial charge in [-0.2, -0.15) is 0 Å². The Morgan fingerprint density at radius 1 is 1.47 bits per heavy atom. The Morgan fingerprint density at radius 2 is 2.24 bits per heavy atom. The van der Waals surface area contributed by atoms with Gasteiger partial charge in [-0.3, -0.25) is 9.59 Å². The molecule has 1 rings (SSSR count). The molecule has 0 bridgehead atoms. The monoisotopic (exact) mass is 256 g/mol. The number of nitrogens with one attached hydrogen (secondary N) is 1. The number of hydrogen-bond acceptors (Lipinski definition) is 5. The molecule has 0 aliphatic heterocycles. The number of pyridine rings is 1. The van der Waals surface area contributed by atoms with Crippen molar-refractivity contribution < 1.29 is 19.4 Å². The number of carboxylic acid groups (broad SMARTS) is 1. The number of aromatic nitrogens is 1. The summed E-state index contributed by atoms with van der Waals surface area (Å²) in [7, 11) is 1.50. The van der Waals surface area contributed by atoms with Gasteiger partial charge in [0.2, 0.25) is 11.8 Å². The minimum absolute atomic E-state index is 0.0890. The number of anilines is 1. The second-order valence-electron chi connectivity index (χ2n) is 3.02.